The van der Waals surface area contributed by atoms with Crippen LogP contribution in [0.2, 0.25) is 0 Å². The molecule has 0 spiro atoms. The Balaban J connectivity index is 1.69. The fraction of sp³-hybridized carbons (Fsp3) is 0.227. The molecule has 0 bridgehead atoms. The molecular formula is C22H19BrFN5O4. The van der Waals surface area contributed by atoms with Crippen LogP contribution in [0.3, 0.4) is 0 Å². The van der Waals surface area contributed by atoms with Crippen LogP contribution in [0.1, 0.15) is 36.8 Å². The highest BCUT2D eigenvalue weighted by Crippen LogP contribution is 2.36. The van der Waals surface area contributed by atoms with Crippen LogP contribution in [-0.2, 0) is 13.0 Å². The average Bonchev–Trinajstić information content (AvgIpc) is 3.43. The quantitative estimate of drug-likeness (QED) is 0.225. The molecule has 1 unspecified atom stereocenters. The van der Waals surface area contributed by atoms with Crippen LogP contribution in [0, 0.1) is 15.9 Å². The molecular weight excluding hydrogens is 497 g/mol. The van der Waals surface area contributed by atoms with Crippen molar-refractivity contribution >= 4 is 21.7 Å². The van der Waals surface area contributed by atoms with Crippen molar-refractivity contribution in [1.82, 2.24) is 19.7 Å². The molecule has 0 amide bonds. The molecule has 0 aliphatic heterocycles. The monoisotopic (exact) mass is 515 g/mol. The molecule has 0 N–H and O–H groups in total. The largest absolute Gasteiger partial charge is 0.478 e. The van der Waals surface area contributed by atoms with Crippen molar-refractivity contribution in [1.29, 1.82) is 0 Å². The van der Waals surface area contributed by atoms with E-state index in [1.807, 2.05) is 17.8 Å². The number of aromatic nitrogens is 4. The van der Waals surface area contributed by atoms with Gasteiger partial charge in [0.25, 0.3) is 0 Å². The normalized spacial score (nSPS) is 12.0. The number of hydrogen-bond acceptors (Lipinski definition) is 7. The van der Waals surface area contributed by atoms with Crippen molar-refractivity contribution in [2.75, 3.05) is 0 Å². The predicted octanol–water partition coefficient (Wildman–Crippen LogP) is 5.49. The van der Waals surface area contributed by atoms with Crippen LogP contribution < -0.4 is 4.74 Å². The fourth-order valence-electron chi connectivity index (χ4n) is 3.45. The molecule has 11 heteroatoms. The maximum Gasteiger partial charge on any atom is 0.406 e. The van der Waals surface area contributed by atoms with E-state index in [4.69, 9.17) is 9.15 Å². The molecule has 0 saturated heterocycles. The van der Waals surface area contributed by atoms with Crippen molar-refractivity contribution in [2.45, 2.75) is 32.9 Å². The zero-order valence-corrected chi connectivity index (χ0v) is 19.3. The van der Waals surface area contributed by atoms with Gasteiger partial charge in [0.15, 0.2) is 12.6 Å². The number of nitro groups is 1. The number of rotatable bonds is 8. The lowest BCUT2D eigenvalue weighted by molar-refractivity contribution is -0.390. The molecule has 9 nitrogen and oxygen atoms in total. The van der Waals surface area contributed by atoms with Crippen LogP contribution in [-0.4, -0.2) is 24.7 Å². The Bertz CT molecular complexity index is 1310. The Kier molecular flexibility index (Phi) is 6.50. The maximum absolute atomic E-state index is 14.2. The molecule has 4 aromatic rings. The second-order valence-corrected chi connectivity index (χ2v) is 8.14. The predicted molar refractivity (Wildman–Crippen MR) is 120 cm³/mol. The topological polar surface area (TPSA) is 109 Å². The summed E-state index contributed by atoms with van der Waals surface area (Å²) in [6.45, 7) is 4.42. The molecule has 33 heavy (non-hydrogen) atoms. The van der Waals surface area contributed by atoms with E-state index in [1.54, 1.807) is 19.2 Å². The first kappa shape index (κ1) is 22.6. The standard InChI is InChI=1S/C22H19BrFN5O4/c1-3-28-11-14(9-27-28)6-19-21(26-12-32-19)17-5-4-16(24)8-18(17)13(2)33-20-7-15(23)10-25-22(20)29(30)31/h4-5,7-13H,3,6H2,1-2H3. The number of hydrogen-bond donors (Lipinski definition) is 0. The number of halogens is 2. The Morgan fingerprint density at radius 2 is 2.12 bits per heavy atom. The minimum absolute atomic E-state index is 0.0376. The first-order valence-corrected chi connectivity index (χ1v) is 10.8. The van der Waals surface area contributed by atoms with Crippen LogP contribution in [0.25, 0.3) is 11.3 Å². The molecule has 3 aromatic heterocycles. The van der Waals surface area contributed by atoms with Crippen molar-refractivity contribution in [2.24, 2.45) is 0 Å². The third-order valence-electron chi connectivity index (χ3n) is 5.00. The summed E-state index contributed by atoms with van der Waals surface area (Å²) < 4.78 is 28.0. The van der Waals surface area contributed by atoms with Crippen LogP contribution in [0.5, 0.6) is 5.75 Å². The summed E-state index contributed by atoms with van der Waals surface area (Å²) in [6, 6.07) is 5.69. The summed E-state index contributed by atoms with van der Waals surface area (Å²) in [5, 5.41) is 15.6. The Morgan fingerprint density at radius 3 is 2.85 bits per heavy atom. The second kappa shape index (κ2) is 9.49. The smallest absolute Gasteiger partial charge is 0.406 e. The summed E-state index contributed by atoms with van der Waals surface area (Å²) >= 11 is 3.24. The van der Waals surface area contributed by atoms with Gasteiger partial charge in [0, 0.05) is 36.4 Å². The zero-order valence-electron chi connectivity index (χ0n) is 17.7. The van der Waals surface area contributed by atoms with E-state index >= 15 is 0 Å². The lowest BCUT2D eigenvalue weighted by atomic mass is 9.98. The van der Waals surface area contributed by atoms with Crippen molar-refractivity contribution in [3.05, 3.63) is 86.5 Å². The summed E-state index contributed by atoms with van der Waals surface area (Å²) in [7, 11) is 0. The summed E-state index contributed by atoms with van der Waals surface area (Å²) in [5.74, 6) is -0.358. The van der Waals surface area contributed by atoms with Crippen LogP contribution in [0.4, 0.5) is 10.2 Å². The molecule has 170 valence electrons. The molecule has 0 radical (unpaired) electrons. The van der Waals surface area contributed by atoms with Gasteiger partial charge in [-0.05, 0) is 63.4 Å². The molecule has 0 aliphatic carbocycles. The van der Waals surface area contributed by atoms with Gasteiger partial charge in [-0.1, -0.05) is 0 Å². The minimum Gasteiger partial charge on any atom is -0.478 e. The molecule has 0 saturated carbocycles. The van der Waals surface area contributed by atoms with Crippen molar-refractivity contribution in [3.8, 4) is 17.0 Å². The number of aryl methyl sites for hydroxylation is 1. The molecule has 3 heterocycles. The zero-order chi connectivity index (χ0) is 23.5. The summed E-state index contributed by atoms with van der Waals surface area (Å²) in [4.78, 5) is 18.9. The van der Waals surface area contributed by atoms with Gasteiger partial charge in [-0.15, -0.1) is 0 Å². The van der Waals surface area contributed by atoms with Gasteiger partial charge in [-0.3, -0.25) is 4.68 Å². The number of nitrogens with zero attached hydrogens (tertiary/aromatic N) is 5. The summed E-state index contributed by atoms with van der Waals surface area (Å²) in [6.07, 6.45) is 6.01. The summed E-state index contributed by atoms with van der Waals surface area (Å²) in [5.41, 5.74) is 2.54. The van der Waals surface area contributed by atoms with Crippen LogP contribution in [0.15, 0.2) is 58.1 Å². The highest BCUT2D eigenvalue weighted by molar-refractivity contribution is 9.10. The first-order valence-electron chi connectivity index (χ1n) is 10.1. The highest BCUT2D eigenvalue weighted by Gasteiger charge is 2.24. The highest BCUT2D eigenvalue weighted by atomic mass is 79.9. The van der Waals surface area contributed by atoms with Gasteiger partial charge >= 0.3 is 5.82 Å². The van der Waals surface area contributed by atoms with Crippen molar-refractivity contribution in [3.63, 3.8) is 0 Å². The SMILES string of the molecule is CCn1cc(Cc2ocnc2-c2ccc(F)cc2C(C)Oc2cc(Br)cnc2[N+](=O)[O-])cn1. The number of oxazole rings is 1. The van der Waals surface area contributed by atoms with E-state index < -0.39 is 22.7 Å². The molecule has 1 aromatic carbocycles. The number of ether oxygens (including phenoxy) is 1. The van der Waals surface area contributed by atoms with Gasteiger partial charge in [0.1, 0.15) is 23.4 Å². The van der Waals surface area contributed by atoms with Crippen LogP contribution >= 0.6 is 15.9 Å². The first-order chi connectivity index (χ1) is 15.9. The van der Waals surface area contributed by atoms with Gasteiger partial charge in [-0.2, -0.15) is 5.10 Å². The van der Waals surface area contributed by atoms with Gasteiger partial charge in [0.2, 0.25) is 5.75 Å². The number of pyridine rings is 1. The lowest BCUT2D eigenvalue weighted by Crippen LogP contribution is -2.08. The van der Waals surface area contributed by atoms with E-state index in [-0.39, 0.29) is 5.75 Å². The van der Waals surface area contributed by atoms with Gasteiger partial charge in [-0.25, -0.2) is 9.37 Å². The lowest BCUT2D eigenvalue weighted by Gasteiger charge is -2.18. The molecule has 4 rings (SSSR count). The van der Waals surface area contributed by atoms with E-state index in [9.17, 15) is 14.5 Å². The minimum atomic E-state index is -0.752. The number of benzene rings is 1. The maximum atomic E-state index is 14.2. The Hall–Kier alpha value is -3.60. The van der Waals surface area contributed by atoms with Gasteiger partial charge < -0.3 is 19.3 Å². The Labute approximate surface area is 196 Å². The Morgan fingerprint density at radius 1 is 1.30 bits per heavy atom. The van der Waals surface area contributed by atoms with E-state index in [0.29, 0.717) is 33.5 Å². The third-order valence-corrected chi connectivity index (χ3v) is 5.43. The van der Waals surface area contributed by atoms with E-state index in [0.717, 1.165) is 12.1 Å². The van der Waals surface area contributed by atoms with E-state index in [1.165, 1.54) is 30.8 Å². The second-order valence-electron chi connectivity index (χ2n) is 7.23. The molecule has 0 fully saturated rings. The third kappa shape index (κ3) is 4.92. The molecule has 1 atom stereocenters. The average molecular weight is 516 g/mol. The van der Waals surface area contributed by atoms with Gasteiger partial charge in [0.05, 0.1) is 10.7 Å². The van der Waals surface area contributed by atoms with E-state index in [2.05, 4.69) is 31.0 Å². The molecule has 0 aliphatic rings. The fourth-order valence-corrected chi connectivity index (χ4v) is 3.76. The van der Waals surface area contributed by atoms with Crippen molar-refractivity contribution < 1.29 is 18.5 Å².